The lowest BCUT2D eigenvalue weighted by Gasteiger charge is -2.26. The molecule has 2 rings (SSSR count). The fraction of sp³-hybridized carbons (Fsp3) is 0.600. The zero-order valence-electron chi connectivity index (χ0n) is 11.3. The van der Waals surface area contributed by atoms with Crippen molar-refractivity contribution >= 4 is 0 Å². The quantitative estimate of drug-likeness (QED) is 0.849. The maximum Gasteiger partial charge on any atom is 0.416 e. The first kappa shape index (κ1) is 14.4. The van der Waals surface area contributed by atoms with Crippen molar-refractivity contribution in [2.24, 2.45) is 0 Å². The first-order chi connectivity index (χ1) is 8.79. The van der Waals surface area contributed by atoms with Gasteiger partial charge in [0.2, 0.25) is 0 Å². The minimum atomic E-state index is -4.27. The molecule has 1 N–H and O–H groups in total. The van der Waals surface area contributed by atoms with Gasteiger partial charge in [0.05, 0.1) is 5.56 Å². The predicted octanol–water partition coefficient (Wildman–Crippen LogP) is 4.13. The van der Waals surface area contributed by atoms with E-state index in [9.17, 15) is 13.2 Å². The molecule has 0 aromatic heterocycles. The zero-order valence-corrected chi connectivity index (χ0v) is 11.3. The monoisotopic (exact) mass is 271 g/mol. The lowest BCUT2D eigenvalue weighted by atomic mass is 9.81. The molecule has 0 spiro atoms. The van der Waals surface area contributed by atoms with Gasteiger partial charge >= 0.3 is 6.18 Å². The molecule has 0 atom stereocenters. The molecule has 1 aromatic rings. The van der Waals surface area contributed by atoms with Crippen LogP contribution in [0.4, 0.5) is 13.2 Å². The highest BCUT2D eigenvalue weighted by Crippen LogP contribution is 2.34. The zero-order chi connectivity index (χ0) is 14.1. The lowest BCUT2D eigenvalue weighted by Crippen LogP contribution is -2.27. The number of hydrogen-bond donors (Lipinski definition) is 1. The van der Waals surface area contributed by atoms with E-state index in [1.807, 2.05) is 13.8 Å². The summed E-state index contributed by atoms with van der Waals surface area (Å²) in [5, 5.41) is 3.41. The Kier molecular flexibility index (Phi) is 3.90. The highest BCUT2D eigenvalue weighted by Gasteiger charge is 2.32. The van der Waals surface area contributed by atoms with Crippen LogP contribution in [0.3, 0.4) is 0 Å². The molecule has 1 fully saturated rings. The molecule has 0 amide bonds. The van der Waals surface area contributed by atoms with Crippen molar-refractivity contribution in [1.82, 2.24) is 5.32 Å². The second kappa shape index (κ2) is 5.16. The van der Waals surface area contributed by atoms with E-state index in [0.29, 0.717) is 6.04 Å². The van der Waals surface area contributed by atoms with Gasteiger partial charge in [-0.15, -0.1) is 0 Å². The Hall–Kier alpha value is -1.03. The molecule has 0 heterocycles. The highest BCUT2D eigenvalue weighted by molar-refractivity contribution is 5.30. The van der Waals surface area contributed by atoms with Gasteiger partial charge < -0.3 is 5.32 Å². The van der Waals surface area contributed by atoms with Gasteiger partial charge in [-0.05, 0) is 42.9 Å². The van der Waals surface area contributed by atoms with Crippen LogP contribution < -0.4 is 5.32 Å². The third kappa shape index (κ3) is 3.96. The van der Waals surface area contributed by atoms with Crippen molar-refractivity contribution in [1.29, 1.82) is 0 Å². The van der Waals surface area contributed by atoms with Gasteiger partial charge in [-0.3, -0.25) is 0 Å². The molecule has 4 heteroatoms. The molecule has 1 nitrogen and oxygen atoms in total. The SMILES string of the molecule is CC(C)(CCNC1CC1)c1cccc(C(F)(F)F)c1. The lowest BCUT2D eigenvalue weighted by molar-refractivity contribution is -0.137. The molecule has 0 radical (unpaired) electrons. The van der Waals surface area contributed by atoms with Gasteiger partial charge in [-0.25, -0.2) is 0 Å². The average molecular weight is 271 g/mol. The summed E-state index contributed by atoms with van der Waals surface area (Å²) in [7, 11) is 0. The molecular formula is C15H20F3N. The summed E-state index contributed by atoms with van der Waals surface area (Å²) in [5.41, 5.74) is -0.0588. The number of hydrogen-bond acceptors (Lipinski definition) is 1. The van der Waals surface area contributed by atoms with Crippen LogP contribution >= 0.6 is 0 Å². The first-order valence-electron chi connectivity index (χ1n) is 6.70. The van der Waals surface area contributed by atoms with E-state index < -0.39 is 11.7 Å². The summed E-state index contributed by atoms with van der Waals surface area (Å²) >= 11 is 0. The average Bonchev–Trinajstić information content (AvgIpc) is 3.12. The summed E-state index contributed by atoms with van der Waals surface area (Å²) in [6.07, 6.45) is -0.975. The molecule has 1 aromatic carbocycles. The number of rotatable bonds is 5. The fourth-order valence-corrected chi connectivity index (χ4v) is 2.14. The van der Waals surface area contributed by atoms with Crippen molar-refractivity contribution in [2.45, 2.75) is 50.7 Å². The topological polar surface area (TPSA) is 12.0 Å². The van der Waals surface area contributed by atoms with Crippen LogP contribution in [0.25, 0.3) is 0 Å². The largest absolute Gasteiger partial charge is 0.416 e. The van der Waals surface area contributed by atoms with Crippen molar-refractivity contribution in [3.63, 3.8) is 0 Å². The van der Waals surface area contributed by atoms with E-state index in [1.54, 1.807) is 6.07 Å². The first-order valence-corrected chi connectivity index (χ1v) is 6.70. The number of alkyl halides is 3. The Balaban J connectivity index is 2.05. The normalized spacial score (nSPS) is 16.7. The van der Waals surface area contributed by atoms with Gasteiger partial charge in [-0.2, -0.15) is 13.2 Å². The van der Waals surface area contributed by atoms with Crippen LogP contribution in [0, 0.1) is 0 Å². The van der Waals surface area contributed by atoms with E-state index in [0.717, 1.165) is 24.6 Å². The van der Waals surface area contributed by atoms with Crippen molar-refractivity contribution in [3.05, 3.63) is 35.4 Å². The van der Waals surface area contributed by atoms with Gasteiger partial charge in [0.15, 0.2) is 0 Å². The smallest absolute Gasteiger partial charge is 0.314 e. The Labute approximate surface area is 112 Å². The fourth-order valence-electron chi connectivity index (χ4n) is 2.14. The van der Waals surface area contributed by atoms with Crippen LogP contribution in [-0.4, -0.2) is 12.6 Å². The Morgan fingerprint density at radius 1 is 1.16 bits per heavy atom. The van der Waals surface area contributed by atoms with E-state index in [4.69, 9.17) is 0 Å². The van der Waals surface area contributed by atoms with Gasteiger partial charge in [-0.1, -0.05) is 32.0 Å². The van der Waals surface area contributed by atoms with Crippen LogP contribution in [0.15, 0.2) is 24.3 Å². The standard InChI is InChI=1S/C15H20F3N/c1-14(2,8-9-19-13-6-7-13)11-4-3-5-12(10-11)15(16,17)18/h3-5,10,13,19H,6-9H2,1-2H3. The number of halogens is 3. The third-order valence-corrected chi connectivity index (χ3v) is 3.73. The predicted molar refractivity (Wildman–Crippen MR) is 70.1 cm³/mol. The summed E-state index contributed by atoms with van der Waals surface area (Å²) in [4.78, 5) is 0. The molecule has 19 heavy (non-hydrogen) atoms. The van der Waals surface area contributed by atoms with Crippen LogP contribution in [0.5, 0.6) is 0 Å². The molecule has 1 aliphatic carbocycles. The Morgan fingerprint density at radius 2 is 1.79 bits per heavy atom. The van der Waals surface area contributed by atoms with Gasteiger partial charge in [0, 0.05) is 6.04 Å². The second-order valence-corrected chi connectivity index (χ2v) is 5.94. The molecule has 0 saturated heterocycles. The van der Waals surface area contributed by atoms with E-state index in [2.05, 4.69) is 5.32 Å². The third-order valence-electron chi connectivity index (χ3n) is 3.73. The van der Waals surface area contributed by atoms with E-state index in [-0.39, 0.29) is 5.41 Å². The van der Waals surface area contributed by atoms with Crippen molar-refractivity contribution in [2.75, 3.05) is 6.54 Å². The Morgan fingerprint density at radius 3 is 2.37 bits per heavy atom. The summed E-state index contributed by atoms with van der Waals surface area (Å²) < 4.78 is 38.1. The van der Waals surface area contributed by atoms with Crippen LogP contribution in [0.2, 0.25) is 0 Å². The molecule has 1 saturated carbocycles. The summed E-state index contributed by atoms with van der Waals surface area (Å²) in [6, 6.07) is 6.32. The minimum absolute atomic E-state index is 0.247. The molecule has 0 aliphatic heterocycles. The van der Waals surface area contributed by atoms with Crippen molar-refractivity contribution < 1.29 is 13.2 Å². The molecule has 0 unspecified atom stereocenters. The van der Waals surface area contributed by atoms with Crippen molar-refractivity contribution in [3.8, 4) is 0 Å². The summed E-state index contributed by atoms with van der Waals surface area (Å²) in [5.74, 6) is 0. The van der Waals surface area contributed by atoms with Gasteiger partial charge in [0.25, 0.3) is 0 Å². The van der Waals surface area contributed by atoms with E-state index in [1.165, 1.54) is 25.0 Å². The van der Waals surface area contributed by atoms with E-state index >= 15 is 0 Å². The molecule has 1 aliphatic rings. The van der Waals surface area contributed by atoms with Crippen LogP contribution in [-0.2, 0) is 11.6 Å². The molecular weight excluding hydrogens is 251 g/mol. The number of benzene rings is 1. The molecule has 0 bridgehead atoms. The summed E-state index contributed by atoms with van der Waals surface area (Å²) in [6.45, 7) is 4.85. The highest BCUT2D eigenvalue weighted by atomic mass is 19.4. The maximum absolute atomic E-state index is 12.7. The Bertz CT molecular complexity index is 433. The van der Waals surface area contributed by atoms with Crippen LogP contribution in [0.1, 0.15) is 44.2 Å². The number of nitrogens with one attached hydrogen (secondary N) is 1. The van der Waals surface area contributed by atoms with Gasteiger partial charge in [0.1, 0.15) is 0 Å². The maximum atomic E-state index is 12.7. The second-order valence-electron chi connectivity index (χ2n) is 5.94. The minimum Gasteiger partial charge on any atom is -0.314 e. The molecule has 106 valence electrons.